The van der Waals surface area contributed by atoms with Gasteiger partial charge in [0, 0.05) is 0 Å². The van der Waals surface area contributed by atoms with Crippen LogP contribution in [-0.2, 0) is 0 Å². The van der Waals surface area contributed by atoms with Crippen molar-refractivity contribution in [1.82, 2.24) is 0 Å². The van der Waals surface area contributed by atoms with Crippen LogP contribution in [0.2, 0.25) is 0 Å². The van der Waals surface area contributed by atoms with Crippen LogP contribution in [0.5, 0.6) is 5.75 Å². The molecule has 0 amide bonds. The van der Waals surface area contributed by atoms with E-state index in [-0.39, 0.29) is 5.75 Å². The van der Waals surface area contributed by atoms with Crippen LogP contribution in [0.15, 0.2) is 23.1 Å². The first kappa shape index (κ1) is 7.76. The van der Waals surface area contributed by atoms with E-state index >= 15 is 0 Å². The molecule has 0 radical (unpaired) electrons. The number of aryl methyl sites for hydroxylation is 1. The monoisotopic (exact) mass is 174 g/mol. The zero-order chi connectivity index (χ0) is 7.56. The molecule has 1 aromatic carbocycles. The maximum Gasteiger partial charge on any atom is 0.130 e. The van der Waals surface area contributed by atoms with Crippen molar-refractivity contribution in [2.24, 2.45) is 0 Å². The van der Waals surface area contributed by atoms with E-state index in [1.165, 1.54) is 0 Å². The number of aromatic hydroxyl groups is 1. The van der Waals surface area contributed by atoms with Crippen LogP contribution in [0.1, 0.15) is 5.56 Å². The molecule has 3 heteroatoms. The second-order valence-corrected chi connectivity index (χ2v) is 3.03. The van der Waals surface area contributed by atoms with Crippen molar-refractivity contribution in [2.45, 2.75) is 11.8 Å². The molecule has 0 atom stereocenters. The summed E-state index contributed by atoms with van der Waals surface area (Å²) in [6.07, 6.45) is 0. The van der Waals surface area contributed by atoms with E-state index in [2.05, 4.69) is 0 Å². The molecule has 1 rings (SSSR count). The number of hydrogen-bond donors (Lipinski definition) is 1. The first-order valence-electron chi connectivity index (χ1n) is 2.83. The molecule has 0 unspecified atom stereocenters. The third-order valence-electron chi connectivity index (χ3n) is 1.27. The minimum Gasteiger partial charge on any atom is -0.507 e. The first-order chi connectivity index (χ1) is 4.75. The summed E-state index contributed by atoms with van der Waals surface area (Å²) in [6, 6.07) is 5.32. The van der Waals surface area contributed by atoms with E-state index in [4.69, 9.17) is 10.7 Å². The van der Waals surface area contributed by atoms with Gasteiger partial charge in [-0.2, -0.15) is 0 Å². The molecule has 54 valence electrons. The average molecular weight is 175 g/mol. The summed E-state index contributed by atoms with van der Waals surface area (Å²) in [7, 11) is 6.54. The van der Waals surface area contributed by atoms with Gasteiger partial charge in [0.2, 0.25) is 0 Å². The molecule has 0 aliphatic heterocycles. The normalized spacial score (nSPS) is 9.80. The zero-order valence-corrected chi connectivity index (χ0v) is 7.04. The van der Waals surface area contributed by atoms with E-state index in [0.717, 1.165) is 21.4 Å². The van der Waals surface area contributed by atoms with Gasteiger partial charge in [-0.25, -0.2) is 0 Å². The van der Waals surface area contributed by atoms with Crippen LogP contribution in [0.3, 0.4) is 0 Å². The molecule has 0 saturated carbocycles. The summed E-state index contributed by atoms with van der Waals surface area (Å²) in [5.74, 6) is 0.250. The Morgan fingerprint density at radius 2 is 2.20 bits per heavy atom. The van der Waals surface area contributed by atoms with Crippen LogP contribution in [-0.4, -0.2) is 5.11 Å². The van der Waals surface area contributed by atoms with Crippen molar-refractivity contribution in [3.05, 3.63) is 23.8 Å². The highest BCUT2D eigenvalue weighted by Crippen LogP contribution is 2.33. The fourth-order valence-electron chi connectivity index (χ4n) is 0.737. The molecule has 0 saturated heterocycles. The zero-order valence-electron chi connectivity index (χ0n) is 5.47. The van der Waals surface area contributed by atoms with Gasteiger partial charge in [0.15, 0.2) is 0 Å². The smallest absolute Gasteiger partial charge is 0.130 e. The Labute approximate surface area is 68.5 Å². The van der Waals surface area contributed by atoms with E-state index in [9.17, 15) is 5.11 Å². The average Bonchev–Trinajstić information content (AvgIpc) is 1.88. The van der Waals surface area contributed by atoms with Gasteiger partial charge < -0.3 is 5.11 Å². The van der Waals surface area contributed by atoms with Crippen molar-refractivity contribution < 1.29 is 5.11 Å². The second-order valence-electron chi connectivity index (χ2n) is 2.00. The highest BCUT2D eigenvalue weighted by molar-refractivity contribution is 8.21. The Morgan fingerprint density at radius 1 is 1.50 bits per heavy atom. The Morgan fingerprint density at radius 3 is 2.60 bits per heavy atom. The third-order valence-corrected chi connectivity index (χ3v) is 2.42. The molecule has 1 aromatic rings. The van der Waals surface area contributed by atoms with Gasteiger partial charge in [-0.15, -0.1) is 0 Å². The number of hydrogen-bond acceptors (Lipinski definition) is 2. The highest BCUT2D eigenvalue weighted by atomic mass is 35.7. The largest absolute Gasteiger partial charge is 0.507 e. The summed E-state index contributed by atoms with van der Waals surface area (Å²) in [6.45, 7) is 1.91. The molecule has 0 bridgehead atoms. The van der Waals surface area contributed by atoms with Gasteiger partial charge in [0.25, 0.3) is 0 Å². The molecule has 0 spiro atoms. The quantitative estimate of drug-likeness (QED) is 0.707. The predicted molar refractivity (Wildman–Crippen MR) is 44.6 cm³/mol. The molecule has 0 aromatic heterocycles. The summed E-state index contributed by atoms with van der Waals surface area (Å²) in [5, 5.41) is 9.19. The van der Waals surface area contributed by atoms with Crippen LogP contribution >= 0.6 is 21.7 Å². The van der Waals surface area contributed by atoms with Gasteiger partial charge in [0.1, 0.15) is 5.75 Å². The van der Waals surface area contributed by atoms with Crippen molar-refractivity contribution in [2.75, 3.05) is 0 Å². The number of halogens is 1. The summed E-state index contributed by atoms with van der Waals surface area (Å²) in [5.41, 5.74) is 1.00. The van der Waals surface area contributed by atoms with E-state index in [1.807, 2.05) is 13.0 Å². The minimum atomic E-state index is 0.250. The van der Waals surface area contributed by atoms with E-state index in [1.54, 1.807) is 12.1 Å². The molecule has 1 N–H and O–H groups in total. The van der Waals surface area contributed by atoms with Crippen LogP contribution < -0.4 is 0 Å². The van der Waals surface area contributed by atoms with Gasteiger partial charge in [-0.1, -0.05) is 12.1 Å². The van der Waals surface area contributed by atoms with Crippen LogP contribution in [0, 0.1) is 6.92 Å². The van der Waals surface area contributed by atoms with Crippen LogP contribution in [0.4, 0.5) is 0 Å². The molecule has 10 heavy (non-hydrogen) atoms. The van der Waals surface area contributed by atoms with Crippen molar-refractivity contribution in [1.29, 1.82) is 0 Å². The fraction of sp³-hybridized carbons (Fsp3) is 0.143. The topological polar surface area (TPSA) is 20.2 Å². The molecular weight excluding hydrogens is 168 g/mol. The number of rotatable bonds is 1. The first-order valence-corrected chi connectivity index (χ1v) is 4.47. The summed E-state index contributed by atoms with van der Waals surface area (Å²) in [4.78, 5) is 0.740. The van der Waals surface area contributed by atoms with Crippen molar-refractivity contribution in [3.63, 3.8) is 0 Å². The lowest BCUT2D eigenvalue weighted by Gasteiger charge is -2.01. The molecule has 0 heterocycles. The van der Waals surface area contributed by atoms with E-state index in [0.29, 0.717) is 0 Å². The fourth-order valence-corrected chi connectivity index (χ4v) is 1.68. The Kier molecular flexibility index (Phi) is 2.46. The summed E-state index contributed by atoms with van der Waals surface area (Å²) >= 11 is 0. The SMILES string of the molecule is Cc1cccc(O)c1SCl. The Hall–Kier alpha value is -0.340. The molecule has 1 nitrogen and oxygen atoms in total. The Bertz CT molecular complexity index is 217. The van der Waals surface area contributed by atoms with Crippen molar-refractivity contribution in [3.8, 4) is 5.75 Å². The summed E-state index contributed by atoms with van der Waals surface area (Å²) < 4.78 is 0. The maximum absolute atomic E-state index is 9.19. The third kappa shape index (κ3) is 1.39. The lowest BCUT2D eigenvalue weighted by molar-refractivity contribution is 0.462. The lowest BCUT2D eigenvalue weighted by atomic mass is 10.2. The minimum absolute atomic E-state index is 0.250. The lowest BCUT2D eigenvalue weighted by Crippen LogP contribution is -1.76. The molecule has 0 fully saturated rings. The molecular formula is C7H7ClOS. The van der Waals surface area contributed by atoms with Crippen molar-refractivity contribution >= 4 is 21.7 Å². The molecule has 0 aliphatic carbocycles. The standard InChI is InChI=1S/C7H7ClOS/c1-5-3-2-4-6(9)7(5)10-8/h2-4,9H,1H3. The van der Waals surface area contributed by atoms with E-state index < -0.39 is 0 Å². The predicted octanol–water partition coefficient (Wildman–Crippen LogP) is 2.95. The van der Waals surface area contributed by atoms with Gasteiger partial charge in [-0.05, 0) is 40.2 Å². The van der Waals surface area contributed by atoms with Gasteiger partial charge >= 0.3 is 0 Å². The van der Waals surface area contributed by atoms with Gasteiger partial charge in [0.05, 0.1) is 4.90 Å². The molecule has 0 aliphatic rings. The number of benzene rings is 1. The second kappa shape index (κ2) is 3.17. The number of phenolic OH excluding ortho intramolecular Hbond substituents is 1. The number of phenols is 1. The van der Waals surface area contributed by atoms with Crippen LogP contribution in [0.25, 0.3) is 0 Å². The van der Waals surface area contributed by atoms with Gasteiger partial charge in [-0.3, -0.25) is 0 Å². The Balaban J connectivity index is 3.17. The highest BCUT2D eigenvalue weighted by Gasteiger charge is 2.01. The maximum atomic E-state index is 9.19.